The quantitative estimate of drug-likeness (QED) is 0.778. The van der Waals surface area contributed by atoms with Crippen LogP contribution in [0.3, 0.4) is 0 Å². The van der Waals surface area contributed by atoms with Crippen molar-refractivity contribution in [2.24, 2.45) is 11.3 Å². The van der Waals surface area contributed by atoms with Gasteiger partial charge in [-0.05, 0) is 55.1 Å². The van der Waals surface area contributed by atoms with Crippen LogP contribution in [0.25, 0.3) is 10.9 Å². The second-order valence-corrected chi connectivity index (χ2v) is 11.1. The van der Waals surface area contributed by atoms with E-state index in [0.717, 1.165) is 72.9 Å². The second-order valence-electron chi connectivity index (χ2n) is 11.1. The Balaban J connectivity index is 1.37. The van der Waals surface area contributed by atoms with E-state index in [-0.39, 0.29) is 17.2 Å². The average molecular weight is 449 g/mol. The SMILES string of the molecule is CC(C)(C)C1CCc2nc3ccccc3c(C(=O)N3CCN(CC(=O)NC4CC4)CC3)c2C1. The minimum atomic E-state index is 0.111. The molecule has 1 saturated carbocycles. The maximum atomic E-state index is 13.9. The minimum Gasteiger partial charge on any atom is -0.352 e. The Bertz CT molecular complexity index is 1060. The highest BCUT2D eigenvalue weighted by atomic mass is 16.2. The minimum absolute atomic E-state index is 0.111. The fraction of sp³-hybridized carbons (Fsp3) is 0.593. The topological polar surface area (TPSA) is 65.5 Å². The maximum Gasteiger partial charge on any atom is 0.254 e. The first-order valence-electron chi connectivity index (χ1n) is 12.5. The Morgan fingerprint density at radius 1 is 1.06 bits per heavy atom. The summed E-state index contributed by atoms with van der Waals surface area (Å²) in [6.07, 6.45) is 5.19. The van der Waals surface area contributed by atoms with E-state index in [1.54, 1.807) is 0 Å². The molecule has 6 nitrogen and oxygen atoms in total. The molecule has 2 aromatic rings. The molecular formula is C27H36N4O2. The number of rotatable bonds is 4. The lowest BCUT2D eigenvalue weighted by molar-refractivity contribution is -0.122. The van der Waals surface area contributed by atoms with E-state index in [9.17, 15) is 9.59 Å². The molecule has 1 aromatic carbocycles. The maximum absolute atomic E-state index is 13.9. The van der Waals surface area contributed by atoms with Crippen LogP contribution in [-0.2, 0) is 17.6 Å². The summed E-state index contributed by atoms with van der Waals surface area (Å²) in [5.41, 5.74) is 4.26. The molecule has 0 spiro atoms. The molecule has 0 radical (unpaired) electrons. The molecule has 1 unspecified atom stereocenters. The highest BCUT2D eigenvalue weighted by molar-refractivity contribution is 6.07. The van der Waals surface area contributed by atoms with Gasteiger partial charge in [-0.25, -0.2) is 0 Å². The molecule has 1 saturated heterocycles. The lowest BCUT2D eigenvalue weighted by Gasteiger charge is -2.37. The predicted octanol–water partition coefficient (Wildman–Crippen LogP) is 3.42. The molecule has 0 bridgehead atoms. The molecule has 2 aliphatic carbocycles. The zero-order valence-electron chi connectivity index (χ0n) is 20.2. The summed E-state index contributed by atoms with van der Waals surface area (Å²) in [4.78, 5) is 35.2. The van der Waals surface area contributed by atoms with E-state index in [4.69, 9.17) is 4.98 Å². The van der Waals surface area contributed by atoms with Crippen molar-refractivity contribution in [3.05, 3.63) is 41.1 Å². The molecule has 3 aliphatic rings. The smallest absolute Gasteiger partial charge is 0.254 e. The molecule has 176 valence electrons. The number of carbonyl (C=O) groups excluding carboxylic acids is 2. The van der Waals surface area contributed by atoms with Crippen LogP contribution in [0.4, 0.5) is 0 Å². The highest BCUT2D eigenvalue weighted by Crippen LogP contribution is 2.39. The van der Waals surface area contributed by atoms with E-state index in [2.05, 4.69) is 37.1 Å². The molecule has 1 aliphatic heterocycles. The Labute approximate surface area is 196 Å². The lowest BCUT2D eigenvalue weighted by Crippen LogP contribution is -2.51. The van der Waals surface area contributed by atoms with Crippen molar-refractivity contribution in [2.45, 2.75) is 58.9 Å². The van der Waals surface area contributed by atoms with Crippen LogP contribution < -0.4 is 5.32 Å². The Morgan fingerprint density at radius 3 is 2.48 bits per heavy atom. The first-order valence-corrected chi connectivity index (χ1v) is 12.5. The number of nitrogens with zero attached hydrogens (tertiary/aromatic N) is 3. The van der Waals surface area contributed by atoms with Gasteiger partial charge >= 0.3 is 0 Å². The molecule has 2 amide bonds. The highest BCUT2D eigenvalue weighted by Gasteiger charge is 2.34. The van der Waals surface area contributed by atoms with Gasteiger partial charge in [0, 0.05) is 43.3 Å². The van der Waals surface area contributed by atoms with E-state index in [1.807, 2.05) is 23.1 Å². The molecule has 2 heterocycles. The van der Waals surface area contributed by atoms with Crippen molar-refractivity contribution in [3.8, 4) is 0 Å². The number of hydrogen-bond donors (Lipinski definition) is 1. The third-order valence-electron chi connectivity index (χ3n) is 7.67. The number of piperazine rings is 1. The van der Waals surface area contributed by atoms with E-state index in [0.29, 0.717) is 31.6 Å². The number of nitrogens with one attached hydrogen (secondary N) is 1. The normalized spacial score (nSPS) is 21.7. The number of aromatic nitrogens is 1. The third kappa shape index (κ3) is 4.77. The van der Waals surface area contributed by atoms with Gasteiger partial charge in [0.2, 0.25) is 5.91 Å². The molecule has 1 N–H and O–H groups in total. The fourth-order valence-corrected chi connectivity index (χ4v) is 5.34. The van der Waals surface area contributed by atoms with Crippen molar-refractivity contribution >= 4 is 22.7 Å². The van der Waals surface area contributed by atoms with Crippen LogP contribution in [0.2, 0.25) is 0 Å². The van der Waals surface area contributed by atoms with Crippen LogP contribution in [-0.4, -0.2) is 65.4 Å². The summed E-state index contributed by atoms with van der Waals surface area (Å²) in [5, 5.41) is 4.04. The van der Waals surface area contributed by atoms with Gasteiger partial charge in [0.05, 0.1) is 17.6 Å². The van der Waals surface area contributed by atoms with Crippen LogP contribution in [0.15, 0.2) is 24.3 Å². The van der Waals surface area contributed by atoms with E-state index in [1.165, 1.54) is 0 Å². The first kappa shape index (κ1) is 22.3. The molecule has 2 fully saturated rings. The summed E-state index contributed by atoms with van der Waals surface area (Å²) in [7, 11) is 0. The van der Waals surface area contributed by atoms with Crippen LogP contribution >= 0.6 is 0 Å². The van der Waals surface area contributed by atoms with Crippen molar-refractivity contribution in [2.75, 3.05) is 32.7 Å². The van der Waals surface area contributed by atoms with Gasteiger partial charge in [-0.2, -0.15) is 0 Å². The van der Waals surface area contributed by atoms with Gasteiger partial charge < -0.3 is 10.2 Å². The van der Waals surface area contributed by atoms with Crippen molar-refractivity contribution in [1.82, 2.24) is 20.1 Å². The van der Waals surface area contributed by atoms with Crippen molar-refractivity contribution < 1.29 is 9.59 Å². The Kier molecular flexibility index (Phi) is 5.89. The van der Waals surface area contributed by atoms with Gasteiger partial charge in [0.15, 0.2) is 0 Å². The first-order chi connectivity index (χ1) is 15.8. The van der Waals surface area contributed by atoms with Crippen molar-refractivity contribution in [1.29, 1.82) is 0 Å². The van der Waals surface area contributed by atoms with E-state index < -0.39 is 0 Å². The summed E-state index contributed by atoms with van der Waals surface area (Å²) >= 11 is 0. The van der Waals surface area contributed by atoms with Crippen molar-refractivity contribution in [3.63, 3.8) is 0 Å². The zero-order valence-corrected chi connectivity index (χ0v) is 20.2. The largest absolute Gasteiger partial charge is 0.352 e. The lowest BCUT2D eigenvalue weighted by atomic mass is 9.70. The monoisotopic (exact) mass is 448 g/mol. The van der Waals surface area contributed by atoms with Crippen LogP contribution in [0, 0.1) is 11.3 Å². The number of fused-ring (bicyclic) bond motifs is 2. The van der Waals surface area contributed by atoms with Gasteiger partial charge in [0.1, 0.15) is 0 Å². The standard InChI is InChI=1S/C27H36N4O2/c1-27(2,3)18-8-11-23-21(16-18)25(20-6-4-5-7-22(20)29-23)26(33)31-14-12-30(13-15-31)17-24(32)28-19-9-10-19/h4-7,18-19H,8-17H2,1-3H3,(H,28,32). The molecule has 5 rings (SSSR count). The zero-order chi connectivity index (χ0) is 23.2. The molecular weight excluding hydrogens is 412 g/mol. The number of pyridine rings is 1. The summed E-state index contributed by atoms with van der Waals surface area (Å²) in [5.74, 6) is 0.780. The van der Waals surface area contributed by atoms with Crippen LogP contribution in [0.5, 0.6) is 0 Å². The summed E-state index contributed by atoms with van der Waals surface area (Å²) in [6, 6.07) is 8.48. The number of para-hydroxylation sites is 1. The van der Waals surface area contributed by atoms with Gasteiger partial charge in [0.25, 0.3) is 5.91 Å². The fourth-order valence-electron chi connectivity index (χ4n) is 5.34. The Hall–Kier alpha value is -2.47. The summed E-state index contributed by atoms with van der Waals surface area (Å²) in [6.45, 7) is 10.1. The van der Waals surface area contributed by atoms with Gasteiger partial charge in [-0.1, -0.05) is 39.0 Å². The third-order valence-corrected chi connectivity index (χ3v) is 7.67. The molecule has 1 atom stereocenters. The average Bonchev–Trinajstić information content (AvgIpc) is 3.60. The molecule has 1 aromatic heterocycles. The van der Waals surface area contributed by atoms with Gasteiger partial charge in [-0.3, -0.25) is 19.5 Å². The van der Waals surface area contributed by atoms with Gasteiger partial charge in [-0.15, -0.1) is 0 Å². The number of carbonyl (C=O) groups is 2. The number of benzene rings is 1. The number of amides is 2. The summed E-state index contributed by atoms with van der Waals surface area (Å²) < 4.78 is 0. The number of aryl methyl sites for hydroxylation is 1. The molecule has 33 heavy (non-hydrogen) atoms. The molecule has 6 heteroatoms. The number of hydrogen-bond acceptors (Lipinski definition) is 4. The second kappa shape index (κ2) is 8.71. The van der Waals surface area contributed by atoms with E-state index >= 15 is 0 Å². The Morgan fingerprint density at radius 2 is 1.79 bits per heavy atom. The predicted molar refractivity (Wildman–Crippen MR) is 130 cm³/mol. The van der Waals surface area contributed by atoms with Crippen LogP contribution in [0.1, 0.15) is 61.6 Å².